The summed E-state index contributed by atoms with van der Waals surface area (Å²) >= 11 is 0. The summed E-state index contributed by atoms with van der Waals surface area (Å²) in [5, 5.41) is 13.5. The number of rotatable bonds is 2. The van der Waals surface area contributed by atoms with Gasteiger partial charge >= 0.3 is 0 Å². The number of carbonyl (C=O) groups is 1. The predicted octanol–water partition coefficient (Wildman–Crippen LogP) is 1.01. The number of fused-ring (bicyclic) bond motifs is 1. The maximum atomic E-state index is 12.5. The summed E-state index contributed by atoms with van der Waals surface area (Å²) < 4.78 is 7.08. The van der Waals surface area contributed by atoms with E-state index in [4.69, 9.17) is 4.74 Å². The Morgan fingerprint density at radius 2 is 2.25 bits per heavy atom. The van der Waals surface area contributed by atoms with Crippen LogP contribution in [0, 0.1) is 16.7 Å². The average Bonchev–Trinajstić information content (AvgIpc) is 3.23. The number of aromatic nitrogens is 2. The van der Waals surface area contributed by atoms with Crippen LogP contribution in [0.25, 0.3) is 0 Å². The van der Waals surface area contributed by atoms with Crippen LogP contribution in [0.2, 0.25) is 0 Å². The van der Waals surface area contributed by atoms with Gasteiger partial charge in [-0.25, -0.2) is 0 Å². The highest BCUT2D eigenvalue weighted by atomic mass is 16.5. The molecule has 0 aromatic carbocycles. The van der Waals surface area contributed by atoms with Crippen molar-refractivity contribution in [2.24, 2.45) is 12.5 Å². The molecule has 0 bridgehead atoms. The predicted molar refractivity (Wildman–Crippen MR) is 70.8 cm³/mol. The third-order valence-electron chi connectivity index (χ3n) is 4.29. The van der Waals surface area contributed by atoms with Gasteiger partial charge in [-0.2, -0.15) is 5.26 Å². The number of methoxy groups -OCH3 is 1. The van der Waals surface area contributed by atoms with E-state index in [-0.39, 0.29) is 5.91 Å². The van der Waals surface area contributed by atoms with Crippen LogP contribution in [0.5, 0.6) is 5.88 Å². The quantitative estimate of drug-likeness (QED) is 0.807. The molecular formula is C14H18N4O2. The van der Waals surface area contributed by atoms with Gasteiger partial charge in [-0.05, 0) is 25.7 Å². The first kappa shape index (κ1) is 13.0. The van der Waals surface area contributed by atoms with Gasteiger partial charge in [-0.15, -0.1) is 5.10 Å². The van der Waals surface area contributed by atoms with Gasteiger partial charge in [0.1, 0.15) is 5.41 Å². The molecule has 0 radical (unpaired) electrons. The highest BCUT2D eigenvalue weighted by Crippen LogP contribution is 2.47. The molecule has 2 aliphatic rings. The molecule has 2 heterocycles. The fourth-order valence-electron chi connectivity index (χ4n) is 2.87. The molecule has 1 amide bonds. The largest absolute Gasteiger partial charge is 0.480 e. The first-order chi connectivity index (χ1) is 9.61. The molecule has 106 valence electrons. The summed E-state index contributed by atoms with van der Waals surface area (Å²) in [6.45, 7) is 1.21. The van der Waals surface area contributed by atoms with E-state index < -0.39 is 5.41 Å². The highest BCUT2D eigenvalue weighted by Gasteiger charge is 2.52. The number of nitriles is 1. The molecule has 1 aromatic rings. The lowest BCUT2D eigenvalue weighted by molar-refractivity contribution is -0.135. The highest BCUT2D eigenvalue weighted by molar-refractivity contribution is 5.88. The van der Waals surface area contributed by atoms with E-state index in [0.717, 1.165) is 24.1 Å². The zero-order chi connectivity index (χ0) is 14.3. The Balaban J connectivity index is 1.89. The van der Waals surface area contributed by atoms with Crippen LogP contribution >= 0.6 is 0 Å². The molecule has 0 N–H and O–H groups in total. The van der Waals surface area contributed by atoms with Gasteiger partial charge in [0.2, 0.25) is 11.8 Å². The van der Waals surface area contributed by atoms with Crippen LogP contribution in [0.1, 0.15) is 30.5 Å². The van der Waals surface area contributed by atoms with Crippen molar-refractivity contribution in [3.8, 4) is 11.9 Å². The molecule has 1 fully saturated rings. The second-order valence-electron chi connectivity index (χ2n) is 5.58. The number of hydrogen-bond acceptors (Lipinski definition) is 4. The summed E-state index contributed by atoms with van der Waals surface area (Å²) in [4.78, 5) is 14.3. The second kappa shape index (κ2) is 4.51. The first-order valence-electron chi connectivity index (χ1n) is 6.90. The Morgan fingerprint density at radius 1 is 1.50 bits per heavy atom. The monoisotopic (exact) mass is 274 g/mol. The molecule has 1 aromatic heterocycles. The van der Waals surface area contributed by atoms with Crippen molar-refractivity contribution < 1.29 is 9.53 Å². The van der Waals surface area contributed by atoms with E-state index in [2.05, 4.69) is 11.2 Å². The van der Waals surface area contributed by atoms with Crippen molar-refractivity contribution >= 4 is 5.91 Å². The summed E-state index contributed by atoms with van der Waals surface area (Å²) in [7, 11) is 3.48. The summed E-state index contributed by atoms with van der Waals surface area (Å²) in [5.74, 6) is 0.631. The number of aryl methyl sites for hydroxylation is 1. The average molecular weight is 274 g/mol. The smallest absolute Gasteiger partial charge is 0.243 e. The van der Waals surface area contributed by atoms with Gasteiger partial charge in [-0.1, -0.05) is 0 Å². The summed E-state index contributed by atoms with van der Waals surface area (Å²) in [5.41, 5.74) is 1.36. The Hall–Kier alpha value is -2.03. The molecular weight excluding hydrogens is 256 g/mol. The SMILES string of the molecule is COc1nn(C)c2c1CCCN(C(=O)C1(C#N)CC1)C2. The minimum absolute atomic E-state index is 0.0204. The number of amides is 1. The zero-order valence-electron chi connectivity index (χ0n) is 11.8. The van der Waals surface area contributed by atoms with Crippen LogP contribution in [0.15, 0.2) is 0 Å². The minimum Gasteiger partial charge on any atom is -0.480 e. The maximum absolute atomic E-state index is 12.5. The number of hydrogen-bond donors (Lipinski definition) is 0. The minimum atomic E-state index is -0.743. The van der Waals surface area contributed by atoms with E-state index in [1.807, 2.05) is 11.9 Å². The van der Waals surface area contributed by atoms with E-state index >= 15 is 0 Å². The lowest BCUT2D eigenvalue weighted by Crippen LogP contribution is -2.37. The van der Waals surface area contributed by atoms with Crippen LogP contribution in [0.4, 0.5) is 0 Å². The molecule has 1 aliphatic carbocycles. The van der Waals surface area contributed by atoms with Crippen LogP contribution in [0.3, 0.4) is 0 Å². The topological polar surface area (TPSA) is 71.2 Å². The molecule has 0 atom stereocenters. The third-order valence-corrected chi connectivity index (χ3v) is 4.29. The van der Waals surface area contributed by atoms with E-state index in [0.29, 0.717) is 31.8 Å². The second-order valence-corrected chi connectivity index (χ2v) is 5.58. The standard InChI is InChI=1S/C14H18N4O2/c1-17-11-8-18(13(19)14(9-15)5-6-14)7-3-4-10(11)12(16-17)20-2/h3-8H2,1-2H3. The van der Waals surface area contributed by atoms with Gasteiger partial charge in [0, 0.05) is 19.2 Å². The van der Waals surface area contributed by atoms with Gasteiger partial charge in [0.15, 0.2) is 0 Å². The lowest BCUT2D eigenvalue weighted by Gasteiger charge is -2.23. The van der Waals surface area contributed by atoms with Crippen molar-refractivity contribution in [1.29, 1.82) is 5.26 Å². The Bertz CT molecular complexity index is 595. The van der Waals surface area contributed by atoms with Gasteiger partial charge < -0.3 is 9.64 Å². The zero-order valence-corrected chi connectivity index (χ0v) is 11.8. The molecule has 0 saturated heterocycles. The van der Waals surface area contributed by atoms with Crippen molar-refractivity contribution in [2.75, 3.05) is 13.7 Å². The molecule has 0 unspecified atom stereocenters. The first-order valence-corrected chi connectivity index (χ1v) is 6.90. The van der Waals surface area contributed by atoms with Gasteiger partial charge in [-0.3, -0.25) is 9.48 Å². The summed E-state index contributed by atoms with van der Waals surface area (Å²) in [6.07, 6.45) is 3.12. The van der Waals surface area contributed by atoms with Crippen molar-refractivity contribution in [3.63, 3.8) is 0 Å². The molecule has 1 saturated carbocycles. The van der Waals surface area contributed by atoms with Crippen LogP contribution < -0.4 is 4.74 Å². The molecule has 6 heteroatoms. The number of carbonyl (C=O) groups excluding carboxylic acids is 1. The van der Waals surface area contributed by atoms with Gasteiger partial charge in [0.05, 0.1) is 25.4 Å². The molecule has 6 nitrogen and oxygen atoms in total. The van der Waals surface area contributed by atoms with E-state index in [9.17, 15) is 10.1 Å². The normalized spacial score (nSPS) is 19.8. The number of ether oxygens (including phenoxy) is 1. The molecule has 0 spiro atoms. The lowest BCUT2D eigenvalue weighted by atomic mass is 10.1. The molecule has 3 rings (SSSR count). The third kappa shape index (κ3) is 1.85. The fraction of sp³-hybridized carbons (Fsp3) is 0.643. The van der Waals surface area contributed by atoms with Crippen molar-refractivity contribution in [3.05, 3.63) is 11.3 Å². The van der Waals surface area contributed by atoms with Crippen LogP contribution in [-0.2, 0) is 24.8 Å². The van der Waals surface area contributed by atoms with E-state index in [1.54, 1.807) is 11.8 Å². The van der Waals surface area contributed by atoms with E-state index in [1.165, 1.54) is 0 Å². The van der Waals surface area contributed by atoms with Crippen molar-refractivity contribution in [2.45, 2.75) is 32.2 Å². The van der Waals surface area contributed by atoms with Crippen LogP contribution in [-0.4, -0.2) is 34.2 Å². The molecule has 20 heavy (non-hydrogen) atoms. The Labute approximate surface area is 117 Å². The fourth-order valence-corrected chi connectivity index (χ4v) is 2.87. The van der Waals surface area contributed by atoms with Gasteiger partial charge in [0.25, 0.3) is 0 Å². The Morgan fingerprint density at radius 3 is 2.85 bits per heavy atom. The maximum Gasteiger partial charge on any atom is 0.243 e. The number of nitrogens with zero attached hydrogens (tertiary/aromatic N) is 4. The Kier molecular flexibility index (Phi) is 2.93. The van der Waals surface area contributed by atoms with Crippen molar-refractivity contribution in [1.82, 2.24) is 14.7 Å². The summed E-state index contributed by atoms with van der Waals surface area (Å²) in [6, 6.07) is 2.19. The molecule has 1 aliphatic heterocycles.